The topological polar surface area (TPSA) is 49.7 Å². The summed E-state index contributed by atoms with van der Waals surface area (Å²) in [6, 6.07) is 12.0. The van der Waals surface area contributed by atoms with Crippen molar-refractivity contribution in [2.45, 2.75) is 13.5 Å². The van der Waals surface area contributed by atoms with E-state index in [1.807, 2.05) is 13.0 Å². The van der Waals surface area contributed by atoms with Gasteiger partial charge in [0.2, 0.25) is 0 Å². The normalized spacial score (nSPS) is 10.2. The minimum atomic E-state index is 0.230. The number of hydrogen-bond acceptors (Lipinski definition) is 3. The molecule has 0 aliphatic rings. The molecule has 0 heterocycles. The average Bonchev–Trinajstić information content (AvgIpc) is 2.33. The zero-order valence-electron chi connectivity index (χ0n) is 9.55. The van der Waals surface area contributed by atoms with Crippen molar-refractivity contribution in [1.82, 2.24) is 0 Å². The van der Waals surface area contributed by atoms with Gasteiger partial charge in [-0.15, -0.1) is 0 Å². The molecule has 0 spiro atoms. The molecule has 0 fully saturated rings. The number of phenolic OH excluding ortho intramolecular Hbond substituents is 2. The van der Waals surface area contributed by atoms with Gasteiger partial charge < -0.3 is 14.9 Å². The van der Waals surface area contributed by atoms with Crippen LogP contribution in [0, 0.1) is 6.92 Å². The third-order valence-electron chi connectivity index (χ3n) is 2.59. The fourth-order valence-electron chi connectivity index (χ4n) is 1.51. The van der Waals surface area contributed by atoms with E-state index in [2.05, 4.69) is 0 Å². The number of ether oxygens (including phenoxy) is 1. The Balaban J connectivity index is 2.07. The second kappa shape index (κ2) is 4.78. The smallest absolute Gasteiger partial charge is 0.126 e. The number of aromatic hydroxyl groups is 2. The van der Waals surface area contributed by atoms with Gasteiger partial charge in [-0.2, -0.15) is 0 Å². The number of rotatable bonds is 3. The van der Waals surface area contributed by atoms with Gasteiger partial charge in [0.05, 0.1) is 0 Å². The Hall–Kier alpha value is -2.16. The summed E-state index contributed by atoms with van der Waals surface area (Å²) in [5.41, 5.74) is 1.69. The third-order valence-corrected chi connectivity index (χ3v) is 2.59. The molecular formula is C14H14O3. The minimum Gasteiger partial charge on any atom is -0.508 e. The van der Waals surface area contributed by atoms with Crippen LogP contribution in [0.1, 0.15) is 11.1 Å². The second-order valence-corrected chi connectivity index (χ2v) is 3.86. The maximum atomic E-state index is 9.52. The molecule has 2 aromatic rings. The Bertz CT molecular complexity index is 503. The molecule has 2 N–H and O–H groups in total. The number of benzene rings is 2. The molecule has 0 unspecified atom stereocenters. The van der Waals surface area contributed by atoms with Crippen molar-refractivity contribution in [1.29, 1.82) is 0 Å². The predicted molar refractivity (Wildman–Crippen MR) is 65.3 cm³/mol. The molecule has 0 saturated carbocycles. The molecule has 0 amide bonds. The molecule has 17 heavy (non-hydrogen) atoms. The first-order valence-electron chi connectivity index (χ1n) is 5.36. The highest BCUT2D eigenvalue weighted by Crippen LogP contribution is 2.26. The molecule has 0 saturated heterocycles. The van der Waals surface area contributed by atoms with Gasteiger partial charge in [0.15, 0.2) is 0 Å². The first-order valence-corrected chi connectivity index (χ1v) is 5.36. The monoisotopic (exact) mass is 230 g/mol. The predicted octanol–water partition coefficient (Wildman–Crippen LogP) is 2.99. The lowest BCUT2D eigenvalue weighted by Crippen LogP contribution is -1.96. The molecule has 2 aromatic carbocycles. The maximum absolute atomic E-state index is 9.52. The highest BCUT2D eigenvalue weighted by atomic mass is 16.5. The molecule has 0 bridgehead atoms. The zero-order valence-corrected chi connectivity index (χ0v) is 9.55. The van der Waals surface area contributed by atoms with E-state index in [9.17, 15) is 5.11 Å². The summed E-state index contributed by atoms with van der Waals surface area (Å²) in [5, 5.41) is 18.7. The Labute approximate surface area is 99.9 Å². The third kappa shape index (κ3) is 2.69. The molecular weight excluding hydrogens is 216 g/mol. The molecule has 0 aliphatic heterocycles. The minimum absolute atomic E-state index is 0.230. The first-order chi connectivity index (χ1) is 8.16. The fraction of sp³-hybridized carbons (Fsp3) is 0.143. The number of hydrogen-bond donors (Lipinski definition) is 2. The van der Waals surface area contributed by atoms with Crippen LogP contribution in [0.4, 0.5) is 0 Å². The van der Waals surface area contributed by atoms with Crippen molar-refractivity contribution in [2.75, 3.05) is 0 Å². The molecule has 0 aliphatic carbocycles. The lowest BCUT2D eigenvalue weighted by molar-refractivity contribution is 0.301. The summed E-state index contributed by atoms with van der Waals surface area (Å²) >= 11 is 0. The van der Waals surface area contributed by atoms with Crippen LogP contribution < -0.4 is 4.74 Å². The highest BCUT2D eigenvalue weighted by Gasteiger charge is 2.03. The van der Waals surface area contributed by atoms with E-state index in [1.165, 1.54) is 0 Å². The van der Waals surface area contributed by atoms with Gasteiger partial charge in [-0.05, 0) is 36.8 Å². The fourth-order valence-corrected chi connectivity index (χ4v) is 1.51. The van der Waals surface area contributed by atoms with Crippen LogP contribution in [0.5, 0.6) is 17.2 Å². The zero-order chi connectivity index (χ0) is 12.3. The van der Waals surface area contributed by atoms with Crippen molar-refractivity contribution in [3.05, 3.63) is 53.6 Å². The van der Waals surface area contributed by atoms with Crippen LogP contribution >= 0.6 is 0 Å². The summed E-state index contributed by atoms with van der Waals surface area (Å²) in [4.78, 5) is 0. The molecule has 3 heteroatoms. The van der Waals surface area contributed by atoms with Crippen molar-refractivity contribution >= 4 is 0 Å². The first kappa shape index (κ1) is 11.3. The SMILES string of the molecule is Cc1c(O)cccc1OCc1ccc(O)cc1. The van der Waals surface area contributed by atoms with Gasteiger partial charge >= 0.3 is 0 Å². The van der Waals surface area contributed by atoms with Crippen LogP contribution in [0.2, 0.25) is 0 Å². The molecule has 0 atom stereocenters. The van der Waals surface area contributed by atoms with E-state index < -0.39 is 0 Å². The standard InChI is InChI=1S/C14H14O3/c1-10-13(16)3-2-4-14(10)17-9-11-5-7-12(15)8-6-11/h2-8,15-16H,9H2,1H3. The van der Waals surface area contributed by atoms with Gasteiger partial charge in [0, 0.05) is 5.56 Å². The van der Waals surface area contributed by atoms with E-state index in [1.54, 1.807) is 36.4 Å². The summed E-state index contributed by atoms with van der Waals surface area (Å²) in [5.74, 6) is 1.13. The molecule has 2 rings (SSSR count). The van der Waals surface area contributed by atoms with Crippen molar-refractivity contribution in [3.63, 3.8) is 0 Å². The largest absolute Gasteiger partial charge is 0.508 e. The number of phenols is 2. The summed E-state index contributed by atoms with van der Waals surface area (Å²) < 4.78 is 5.60. The van der Waals surface area contributed by atoms with Gasteiger partial charge in [-0.25, -0.2) is 0 Å². The van der Waals surface area contributed by atoms with Crippen LogP contribution in [0.25, 0.3) is 0 Å². The Morgan fingerprint density at radius 3 is 2.41 bits per heavy atom. The highest BCUT2D eigenvalue weighted by molar-refractivity contribution is 5.42. The van der Waals surface area contributed by atoms with Crippen molar-refractivity contribution in [2.24, 2.45) is 0 Å². The Morgan fingerprint density at radius 2 is 1.71 bits per heavy atom. The maximum Gasteiger partial charge on any atom is 0.126 e. The van der Waals surface area contributed by atoms with E-state index in [0.717, 1.165) is 11.1 Å². The molecule has 88 valence electrons. The van der Waals surface area contributed by atoms with Crippen molar-refractivity contribution < 1.29 is 14.9 Å². The van der Waals surface area contributed by atoms with Gasteiger partial charge in [-0.1, -0.05) is 18.2 Å². The summed E-state index contributed by atoms with van der Waals surface area (Å²) in [7, 11) is 0. The van der Waals surface area contributed by atoms with E-state index in [-0.39, 0.29) is 11.5 Å². The molecule has 0 radical (unpaired) electrons. The van der Waals surface area contributed by atoms with Gasteiger partial charge in [0.25, 0.3) is 0 Å². The van der Waals surface area contributed by atoms with Crippen LogP contribution in [0.3, 0.4) is 0 Å². The Kier molecular flexibility index (Phi) is 3.19. The quantitative estimate of drug-likeness (QED) is 0.852. The van der Waals surface area contributed by atoms with Crippen LogP contribution in [0.15, 0.2) is 42.5 Å². The van der Waals surface area contributed by atoms with E-state index in [4.69, 9.17) is 9.84 Å². The van der Waals surface area contributed by atoms with Crippen LogP contribution in [-0.4, -0.2) is 10.2 Å². The van der Waals surface area contributed by atoms with Crippen molar-refractivity contribution in [3.8, 4) is 17.2 Å². The lowest BCUT2D eigenvalue weighted by atomic mass is 10.2. The average molecular weight is 230 g/mol. The van der Waals surface area contributed by atoms with Gasteiger partial charge in [0.1, 0.15) is 23.9 Å². The lowest BCUT2D eigenvalue weighted by Gasteiger charge is -2.10. The molecule has 0 aromatic heterocycles. The summed E-state index contributed by atoms with van der Waals surface area (Å²) in [6.45, 7) is 2.21. The molecule has 3 nitrogen and oxygen atoms in total. The van der Waals surface area contributed by atoms with Crippen LogP contribution in [-0.2, 0) is 6.61 Å². The Morgan fingerprint density at radius 1 is 1.00 bits per heavy atom. The summed E-state index contributed by atoms with van der Waals surface area (Å²) in [6.07, 6.45) is 0. The second-order valence-electron chi connectivity index (χ2n) is 3.86. The van der Waals surface area contributed by atoms with Gasteiger partial charge in [-0.3, -0.25) is 0 Å². The van der Waals surface area contributed by atoms with E-state index in [0.29, 0.717) is 12.4 Å². The van der Waals surface area contributed by atoms with E-state index >= 15 is 0 Å².